The maximum absolute atomic E-state index is 12.2. The van der Waals surface area contributed by atoms with Crippen LogP contribution in [0.3, 0.4) is 0 Å². The van der Waals surface area contributed by atoms with Crippen molar-refractivity contribution >= 4 is 11.8 Å². The summed E-state index contributed by atoms with van der Waals surface area (Å²) in [5, 5.41) is 10.4. The molecule has 1 aromatic heterocycles. The highest BCUT2D eigenvalue weighted by Gasteiger charge is 2.28. The molecule has 2 N–H and O–H groups in total. The molecule has 6 heteroatoms. The van der Waals surface area contributed by atoms with Gasteiger partial charge in [0.15, 0.2) is 5.82 Å². The molecule has 0 bridgehead atoms. The largest absolute Gasteiger partial charge is 0.373 e. The van der Waals surface area contributed by atoms with Gasteiger partial charge in [0.2, 0.25) is 0 Å². The van der Waals surface area contributed by atoms with Gasteiger partial charge in [0.25, 0.3) is 0 Å². The summed E-state index contributed by atoms with van der Waals surface area (Å²) in [7, 11) is 0. The van der Waals surface area contributed by atoms with Crippen LogP contribution in [0, 0.1) is 6.92 Å². The first-order valence-electron chi connectivity index (χ1n) is 9.30. The monoisotopic (exact) mass is 334 g/mol. The third kappa shape index (κ3) is 4.29. The fraction of sp³-hybridized carbons (Fsp3) is 0.778. The molecule has 24 heavy (non-hydrogen) atoms. The molecule has 2 heterocycles. The topological polar surface area (TPSA) is 68.2 Å². The number of aryl methyl sites for hydroxylation is 1. The number of amides is 2. The van der Waals surface area contributed by atoms with Crippen molar-refractivity contribution in [1.29, 1.82) is 0 Å². The Labute approximate surface area is 144 Å². The number of urea groups is 1. The Morgan fingerprint density at radius 1 is 1.33 bits per heavy atom. The van der Waals surface area contributed by atoms with E-state index < -0.39 is 0 Å². The lowest BCUT2D eigenvalue weighted by Gasteiger charge is -2.33. The van der Waals surface area contributed by atoms with Crippen LogP contribution in [0.2, 0.25) is 0 Å². The van der Waals surface area contributed by atoms with Gasteiger partial charge in [-0.25, -0.2) is 4.79 Å². The standard InChI is InChI=1S/C18H30N4O2/c1-14-12-22(15-8-4-3-5-9-15)21-16(14)20-17(23)19-13-18(2)10-6-7-11-24-18/h12,15H,3-11,13H2,1-2H3,(H2,19,20,21,23). The van der Waals surface area contributed by atoms with Gasteiger partial charge in [0, 0.05) is 24.9 Å². The van der Waals surface area contributed by atoms with Gasteiger partial charge in [-0.3, -0.25) is 10.00 Å². The van der Waals surface area contributed by atoms with Crippen molar-refractivity contribution in [1.82, 2.24) is 15.1 Å². The first-order chi connectivity index (χ1) is 11.6. The maximum atomic E-state index is 12.2. The number of ether oxygens (including phenoxy) is 1. The Balaban J connectivity index is 1.53. The molecule has 1 saturated carbocycles. The van der Waals surface area contributed by atoms with E-state index in [1.807, 2.05) is 11.6 Å². The highest BCUT2D eigenvalue weighted by Crippen LogP contribution is 2.29. The van der Waals surface area contributed by atoms with Gasteiger partial charge in [0.1, 0.15) is 0 Å². The van der Waals surface area contributed by atoms with Crippen LogP contribution in [0.25, 0.3) is 0 Å². The molecular formula is C18H30N4O2. The molecule has 6 nitrogen and oxygen atoms in total. The fourth-order valence-electron chi connectivity index (χ4n) is 3.69. The molecule has 1 saturated heterocycles. The van der Waals surface area contributed by atoms with E-state index in [2.05, 4.69) is 28.9 Å². The van der Waals surface area contributed by atoms with E-state index in [1.54, 1.807) is 0 Å². The second-order valence-electron chi connectivity index (χ2n) is 7.50. The van der Waals surface area contributed by atoms with Crippen LogP contribution in [0.15, 0.2) is 6.20 Å². The van der Waals surface area contributed by atoms with E-state index in [-0.39, 0.29) is 11.6 Å². The van der Waals surface area contributed by atoms with Gasteiger partial charge in [-0.05, 0) is 46.0 Å². The molecule has 0 aromatic carbocycles. The zero-order valence-corrected chi connectivity index (χ0v) is 14.9. The summed E-state index contributed by atoms with van der Waals surface area (Å²) < 4.78 is 7.85. The van der Waals surface area contributed by atoms with Crippen molar-refractivity contribution in [3.8, 4) is 0 Å². The highest BCUT2D eigenvalue weighted by molar-refractivity contribution is 5.88. The Hall–Kier alpha value is -1.56. The fourth-order valence-corrected chi connectivity index (χ4v) is 3.69. The molecule has 0 spiro atoms. The second-order valence-corrected chi connectivity index (χ2v) is 7.50. The van der Waals surface area contributed by atoms with Crippen molar-refractivity contribution in [2.45, 2.75) is 76.9 Å². The van der Waals surface area contributed by atoms with Crippen molar-refractivity contribution in [3.63, 3.8) is 0 Å². The summed E-state index contributed by atoms with van der Waals surface area (Å²) in [6.45, 7) is 5.37. The van der Waals surface area contributed by atoms with Crippen LogP contribution in [-0.4, -0.2) is 34.6 Å². The van der Waals surface area contributed by atoms with E-state index in [4.69, 9.17) is 4.74 Å². The quantitative estimate of drug-likeness (QED) is 0.880. The summed E-state index contributed by atoms with van der Waals surface area (Å²) in [4.78, 5) is 12.2. The molecular weight excluding hydrogens is 304 g/mol. The van der Waals surface area contributed by atoms with Crippen LogP contribution in [0.4, 0.5) is 10.6 Å². The van der Waals surface area contributed by atoms with E-state index in [9.17, 15) is 4.79 Å². The highest BCUT2D eigenvalue weighted by atomic mass is 16.5. The number of carbonyl (C=O) groups excluding carboxylic acids is 1. The smallest absolute Gasteiger partial charge is 0.320 e. The average Bonchev–Trinajstić information content (AvgIpc) is 2.95. The minimum absolute atomic E-state index is 0.206. The molecule has 1 aromatic rings. The van der Waals surface area contributed by atoms with Gasteiger partial charge in [-0.1, -0.05) is 19.3 Å². The summed E-state index contributed by atoms with van der Waals surface area (Å²) in [6, 6.07) is 0.271. The van der Waals surface area contributed by atoms with Crippen LogP contribution in [0.1, 0.15) is 69.9 Å². The van der Waals surface area contributed by atoms with Gasteiger partial charge in [-0.15, -0.1) is 0 Å². The van der Waals surface area contributed by atoms with Crippen molar-refractivity contribution in [2.75, 3.05) is 18.5 Å². The molecule has 1 aliphatic carbocycles. The van der Waals surface area contributed by atoms with Crippen molar-refractivity contribution < 1.29 is 9.53 Å². The average molecular weight is 334 g/mol. The number of rotatable bonds is 4. The van der Waals surface area contributed by atoms with Gasteiger partial charge >= 0.3 is 6.03 Å². The van der Waals surface area contributed by atoms with Gasteiger partial charge in [0.05, 0.1) is 11.6 Å². The Kier molecular flexibility index (Phi) is 5.43. The van der Waals surface area contributed by atoms with E-state index >= 15 is 0 Å². The van der Waals surface area contributed by atoms with Crippen LogP contribution >= 0.6 is 0 Å². The molecule has 1 unspecified atom stereocenters. The number of hydrogen-bond acceptors (Lipinski definition) is 3. The lowest BCUT2D eigenvalue weighted by Crippen LogP contribution is -2.45. The number of hydrogen-bond donors (Lipinski definition) is 2. The van der Waals surface area contributed by atoms with E-state index in [0.29, 0.717) is 18.4 Å². The number of anilines is 1. The molecule has 134 valence electrons. The van der Waals surface area contributed by atoms with Crippen molar-refractivity contribution in [2.24, 2.45) is 0 Å². The van der Waals surface area contributed by atoms with Crippen molar-refractivity contribution in [3.05, 3.63) is 11.8 Å². The third-order valence-corrected chi connectivity index (χ3v) is 5.27. The summed E-state index contributed by atoms with van der Waals surface area (Å²) in [5.41, 5.74) is 0.766. The second kappa shape index (κ2) is 7.55. The predicted octanol–water partition coefficient (Wildman–Crippen LogP) is 3.78. The third-order valence-electron chi connectivity index (χ3n) is 5.27. The SMILES string of the molecule is Cc1cn(C2CCCCC2)nc1NC(=O)NCC1(C)CCCCO1. The Morgan fingerprint density at radius 3 is 2.83 bits per heavy atom. The molecule has 2 fully saturated rings. The number of aromatic nitrogens is 2. The molecule has 2 aliphatic rings. The van der Waals surface area contributed by atoms with E-state index in [0.717, 1.165) is 31.4 Å². The first kappa shape index (κ1) is 17.3. The lowest BCUT2D eigenvalue weighted by atomic mass is 9.96. The number of carbonyl (C=O) groups is 1. The van der Waals surface area contributed by atoms with Crippen LogP contribution < -0.4 is 10.6 Å². The summed E-state index contributed by atoms with van der Waals surface area (Å²) in [6.07, 6.45) is 11.5. The molecule has 2 amide bonds. The Bertz CT molecular complexity index is 557. The normalized spacial score (nSPS) is 25.4. The lowest BCUT2D eigenvalue weighted by molar-refractivity contribution is -0.0612. The van der Waals surface area contributed by atoms with Crippen LogP contribution in [0.5, 0.6) is 0 Å². The number of nitrogens with zero attached hydrogens (tertiary/aromatic N) is 2. The molecule has 1 atom stereocenters. The summed E-state index contributed by atoms with van der Waals surface area (Å²) in [5.74, 6) is 0.660. The zero-order chi connectivity index (χ0) is 17.0. The Morgan fingerprint density at radius 2 is 2.12 bits per heavy atom. The van der Waals surface area contributed by atoms with Gasteiger partial charge < -0.3 is 10.1 Å². The molecule has 3 rings (SSSR count). The maximum Gasteiger partial charge on any atom is 0.320 e. The van der Waals surface area contributed by atoms with Crippen LogP contribution in [-0.2, 0) is 4.74 Å². The summed E-state index contributed by atoms with van der Waals surface area (Å²) >= 11 is 0. The minimum atomic E-state index is -0.244. The van der Waals surface area contributed by atoms with Gasteiger partial charge in [-0.2, -0.15) is 5.10 Å². The zero-order valence-electron chi connectivity index (χ0n) is 14.9. The molecule has 0 radical (unpaired) electrons. The predicted molar refractivity (Wildman–Crippen MR) is 94.3 cm³/mol. The van der Waals surface area contributed by atoms with E-state index in [1.165, 1.54) is 32.1 Å². The minimum Gasteiger partial charge on any atom is -0.373 e. The first-order valence-corrected chi connectivity index (χ1v) is 9.30. The number of nitrogens with one attached hydrogen (secondary N) is 2. The molecule has 1 aliphatic heterocycles.